The highest BCUT2D eigenvalue weighted by Crippen LogP contribution is 2.48. The van der Waals surface area contributed by atoms with Crippen molar-refractivity contribution in [1.82, 2.24) is 24.6 Å². The number of hydrogen-bond donors (Lipinski definition) is 2. The maximum atomic E-state index is 14.3. The Hall–Kier alpha value is -3.12. The van der Waals surface area contributed by atoms with E-state index in [2.05, 4.69) is 33.9 Å². The zero-order valence-electron chi connectivity index (χ0n) is 30.9. The molecule has 1 aromatic carbocycles. The average molecular weight is 733 g/mol. The number of nitrogen functional groups attached to an aromatic ring is 1. The largest absolute Gasteiger partial charge is 0.461 e. The number of hydrogen-bond acceptors (Lipinski definition) is 10. The van der Waals surface area contributed by atoms with E-state index in [1.54, 1.807) is 35.8 Å². The number of rotatable bonds is 24. The Bertz CT molecular complexity index is 1530. The zero-order chi connectivity index (χ0) is 36.7. The van der Waals surface area contributed by atoms with Crippen LogP contribution < -0.4 is 15.3 Å². The average Bonchev–Trinajstić information content (AvgIpc) is 3.71. The van der Waals surface area contributed by atoms with E-state index in [0.717, 1.165) is 38.5 Å². The lowest BCUT2D eigenvalue weighted by Gasteiger charge is -2.29. The molecule has 0 aliphatic carbocycles. The SMILES string of the molecule is CCCCCCCCC(CCCCCCCC)OC(=O)[C@H](C)NP(=O)(OC[C@]1(C)CC[C@H](n2cnc3c(N)nc(F)nc32)O1)Oc1ccccc1. The van der Waals surface area contributed by atoms with Gasteiger partial charge < -0.3 is 19.7 Å². The number of nitrogens with two attached hydrogens (primary N) is 1. The van der Waals surface area contributed by atoms with Gasteiger partial charge in [0.2, 0.25) is 0 Å². The Kier molecular flexibility index (Phi) is 16.1. The maximum Gasteiger partial charge on any atom is 0.459 e. The van der Waals surface area contributed by atoms with Gasteiger partial charge in [0.15, 0.2) is 17.0 Å². The molecule has 3 N–H and O–H groups in total. The zero-order valence-corrected chi connectivity index (χ0v) is 31.8. The molecule has 0 spiro atoms. The minimum Gasteiger partial charge on any atom is -0.461 e. The molecule has 1 unspecified atom stereocenters. The van der Waals surface area contributed by atoms with Gasteiger partial charge in [0, 0.05) is 0 Å². The standard InChI is InChI=1S/C37H58FN6O6P/c1-5-7-9-11-13-16-20-29(21-17-14-12-10-8-6-2)48-35(45)28(3)43-51(46,50-30-22-18-15-19-23-30)47-26-37(4)25-24-31(49-37)44-27-40-32-33(39)41-36(38)42-34(32)44/h15,18-19,22-23,27-29,31H,5-14,16-17,20-21,24-26H2,1-4H3,(H,43,46)(H2,39,41,42)/t28-,31+,37-,51?/m0/s1. The minimum absolute atomic E-state index is 0.0609. The molecule has 2 aromatic heterocycles. The Morgan fingerprint density at radius 2 is 1.67 bits per heavy atom. The molecule has 51 heavy (non-hydrogen) atoms. The molecular formula is C37H58FN6O6P. The number of imidazole rings is 1. The van der Waals surface area contributed by atoms with E-state index >= 15 is 0 Å². The Morgan fingerprint density at radius 3 is 2.31 bits per heavy atom. The summed E-state index contributed by atoms with van der Waals surface area (Å²) >= 11 is 0. The van der Waals surface area contributed by atoms with Crippen LogP contribution in [-0.2, 0) is 23.4 Å². The number of benzene rings is 1. The van der Waals surface area contributed by atoms with Gasteiger partial charge in [-0.2, -0.15) is 19.4 Å². The Labute approximate surface area is 302 Å². The smallest absolute Gasteiger partial charge is 0.459 e. The molecule has 1 aliphatic heterocycles. The van der Waals surface area contributed by atoms with Crippen molar-refractivity contribution < 1.29 is 32.3 Å². The summed E-state index contributed by atoms with van der Waals surface area (Å²) in [6, 6.07) is 7.69. The third kappa shape index (κ3) is 12.8. The molecule has 4 rings (SSSR count). The van der Waals surface area contributed by atoms with Crippen LogP contribution in [0.5, 0.6) is 5.75 Å². The van der Waals surface area contributed by atoms with Crippen molar-refractivity contribution in [3.05, 3.63) is 42.7 Å². The van der Waals surface area contributed by atoms with Gasteiger partial charge in [-0.3, -0.25) is 13.9 Å². The number of esters is 1. The molecule has 3 heterocycles. The number of aromatic nitrogens is 4. The summed E-state index contributed by atoms with van der Waals surface area (Å²) in [6.45, 7) is 7.73. The lowest BCUT2D eigenvalue weighted by molar-refractivity contribution is -0.151. The number of unbranched alkanes of at least 4 members (excludes halogenated alkanes) is 10. The fraction of sp³-hybridized carbons (Fsp3) is 0.676. The van der Waals surface area contributed by atoms with Crippen LogP contribution in [0.25, 0.3) is 11.2 Å². The van der Waals surface area contributed by atoms with Gasteiger partial charge >= 0.3 is 19.8 Å². The summed E-state index contributed by atoms with van der Waals surface area (Å²) < 4.78 is 54.2. The summed E-state index contributed by atoms with van der Waals surface area (Å²) in [5, 5.41) is 2.84. The first-order valence-electron chi connectivity index (χ1n) is 18.9. The van der Waals surface area contributed by atoms with Crippen LogP contribution in [0.4, 0.5) is 10.2 Å². The molecule has 1 aliphatic rings. The number of fused-ring (bicyclic) bond motifs is 1. The molecule has 12 nitrogen and oxygen atoms in total. The number of carbonyl (C=O) groups is 1. The van der Waals surface area contributed by atoms with E-state index in [0.29, 0.717) is 18.6 Å². The monoisotopic (exact) mass is 732 g/mol. The van der Waals surface area contributed by atoms with Gasteiger partial charge in [0.05, 0.1) is 18.5 Å². The quantitative estimate of drug-likeness (QED) is 0.0392. The summed E-state index contributed by atoms with van der Waals surface area (Å²) in [6.07, 6.45) is 16.4. The van der Waals surface area contributed by atoms with Crippen molar-refractivity contribution in [2.75, 3.05) is 12.3 Å². The van der Waals surface area contributed by atoms with Crippen LogP contribution in [0, 0.1) is 6.08 Å². The minimum atomic E-state index is -4.13. The highest BCUT2D eigenvalue weighted by molar-refractivity contribution is 7.52. The van der Waals surface area contributed by atoms with Crippen LogP contribution in [0.3, 0.4) is 0 Å². The number of anilines is 1. The first-order chi connectivity index (χ1) is 24.5. The Morgan fingerprint density at radius 1 is 1.04 bits per heavy atom. The molecule has 1 saturated heterocycles. The topological polar surface area (TPSA) is 153 Å². The second kappa shape index (κ2) is 20.2. The van der Waals surface area contributed by atoms with Crippen molar-refractivity contribution in [2.45, 2.75) is 154 Å². The molecule has 0 amide bonds. The molecule has 0 bridgehead atoms. The molecule has 4 atom stereocenters. The third-order valence-electron chi connectivity index (χ3n) is 9.33. The predicted octanol–water partition coefficient (Wildman–Crippen LogP) is 9.21. The fourth-order valence-corrected chi connectivity index (χ4v) is 7.96. The van der Waals surface area contributed by atoms with E-state index in [1.165, 1.54) is 57.7 Å². The van der Waals surface area contributed by atoms with E-state index in [9.17, 15) is 13.8 Å². The molecule has 3 aromatic rings. The van der Waals surface area contributed by atoms with Crippen LogP contribution in [0.1, 0.15) is 137 Å². The number of halogens is 1. The third-order valence-corrected chi connectivity index (χ3v) is 11.0. The maximum absolute atomic E-state index is 14.3. The molecule has 284 valence electrons. The van der Waals surface area contributed by atoms with Crippen molar-refractivity contribution in [1.29, 1.82) is 0 Å². The lowest BCUT2D eigenvalue weighted by Crippen LogP contribution is -2.38. The van der Waals surface area contributed by atoms with Crippen LogP contribution in [0.2, 0.25) is 0 Å². The van der Waals surface area contributed by atoms with Gasteiger partial charge in [0.25, 0.3) is 0 Å². The highest BCUT2D eigenvalue weighted by Gasteiger charge is 2.42. The van der Waals surface area contributed by atoms with Crippen molar-refractivity contribution >= 4 is 30.7 Å². The second-order valence-corrected chi connectivity index (χ2v) is 15.7. The molecule has 0 saturated carbocycles. The predicted molar refractivity (Wildman–Crippen MR) is 197 cm³/mol. The van der Waals surface area contributed by atoms with Crippen molar-refractivity contribution in [2.24, 2.45) is 0 Å². The first-order valence-corrected chi connectivity index (χ1v) is 20.4. The van der Waals surface area contributed by atoms with E-state index in [4.69, 9.17) is 24.3 Å². The number of ether oxygens (including phenoxy) is 2. The van der Waals surface area contributed by atoms with Crippen LogP contribution in [-0.4, -0.2) is 49.8 Å². The van der Waals surface area contributed by atoms with Gasteiger partial charge in [-0.05, 0) is 64.5 Å². The van der Waals surface area contributed by atoms with Crippen molar-refractivity contribution in [3.8, 4) is 5.75 Å². The molecule has 0 radical (unpaired) electrons. The van der Waals surface area contributed by atoms with Gasteiger partial charge in [-0.1, -0.05) is 96.3 Å². The Balaban J connectivity index is 1.39. The van der Waals surface area contributed by atoms with E-state index in [-0.39, 0.29) is 29.7 Å². The van der Waals surface area contributed by atoms with Gasteiger partial charge in [-0.15, -0.1) is 0 Å². The van der Waals surface area contributed by atoms with Crippen LogP contribution >= 0.6 is 7.75 Å². The summed E-state index contributed by atoms with van der Waals surface area (Å²) in [4.78, 5) is 25.1. The lowest BCUT2D eigenvalue weighted by atomic mass is 10.0. The summed E-state index contributed by atoms with van der Waals surface area (Å²) in [5.41, 5.74) is 5.43. The summed E-state index contributed by atoms with van der Waals surface area (Å²) in [5.74, 6) is -0.243. The first kappa shape index (κ1) is 40.6. The molecule has 1 fully saturated rings. The number of para-hydroxylation sites is 1. The van der Waals surface area contributed by atoms with E-state index in [1.807, 2.05) is 13.0 Å². The molecular weight excluding hydrogens is 674 g/mol. The van der Waals surface area contributed by atoms with E-state index < -0.39 is 37.7 Å². The normalized spacial score (nSPS) is 19.4. The highest BCUT2D eigenvalue weighted by atomic mass is 31.2. The number of nitrogens with zero attached hydrogens (tertiary/aromatic N) is 4. The molecule has 14 heteroatoms. The number of nitrogens with one attached hydrogen (secondary N) is 1. The van der Waals surface area contributed by atoms with Gasteiger partial charge in [0.1, 0.15) is 24.1 Å². The fourth-order valence-electron chi connectivity index (χ4n) is 6.35. The van der Waals surface area contributed by atoms with Crippen LogP contribution in [0.15, 0.2) is 36.7 Å². The summed E-state index contributed by atoms with van der Waals surface area (Å²) in [7, 11) is -4.13. The van der Waals surface area contributed by atoms with Gasteiger partial charge in [-0.25, -0.2) is 9.55 Å². The van der Waals surface area contributed by atoms with Crippen molar-refractivity contribution in [3.63, 3.8) is 0 Å². The second-order valence-electron chi connectivity index (χ2n) is 14.0. The number of carbonyl (C=O) groups excluding carboxylic acids is 1.